The molecule has 0 aliphatic heterocycles. The summed E-state index contributed by atoms with van der Waals surface area (Å²) in [7, 11) is 5.93. The van der Waals surface area contributed by atoms with Crippen molar-refractivity contribution in [2.24, 2.45) is 0 Å². The summed E-state index contributed by atoms with van der Waals surface area (Å²) < 4.78 is 5.32. The molecule has 2 aromatic rings. The van der Waals surface area contributed by atoms with E-state index >= 15 is 0 Å². The van der Waals surface area contributed by atoms with Gasteiger partial charge in [-0.1, -0.05) is 23.7 Å². The zero-order valence-electron chi connectivity index (χ0n) is 14.1. The van der Waals surface area contributed by atoms with E-state index in [1.54, 1.807) is 7.11 Å². The quantitative estimate of drug-likeness (QED) is 0.689. The molecule has 24 heavy (non-hydrogen) atoms. The zero-order valence-corrected chi connectivity index (χ0v) is 15.7. The van der Waals surface area contributed by atoms with Crippen LogP contribution in [0, 0.1) is 0 Å². The molecule has 0 fully saturated rings. The van der Waals surface area contributed by atoms with Crippen LogP contribution in [0.3, 0.4) is 0 Å². The zero-order chi connectivity index (χ0) is 17.5. The number of hydrogen-bond acceptors (Lipinski definition) is 2. The van der Waals surface area contributed by atoms with Crippen molar-refractivity contribution in [2.75, 3.05) is 33.1 Å². The summed E-state index contributed by atoms with van der Waals surface area (Å²) in [5.74, 6) is 0.862. The molecule has 0 radical (unpaired) electrons. The minimum atomic E-state index is 0.255. The van der Waals surface area contributed by atoms with E-state index in [1.807, 2.05) is 36.4 Å². The number of quaternary nitrogens is 1. The van der Waals surface area contributed by atoms with Crippen molar-refractivity contribution in [3.63, 3.8) is 0 Å². The van der Waals surface area contributed by atoms with Crippen LogP contribution in [0.5, 0.6) is 5.75 Å². The Morgan fingerprint density at radius 2 is 1.92 bits per heavy atom. The van der Waals surface area contributed by atoms with Gasteiger partial charge in [-0.2, -0.15) is 0 Å². The third kappa shape index (κ3) is 5.37. The Kier molecular flexibility index (Phi) is 6.85. The maximum absolute atomic E-state index is 5.89. The number of thiocarbonyl (C=S) groups is 1. The van der Waals surface area contributed by atoms with Crippen LogP contribution in [0.2, 0.25) is 5.02 Å². The number of anilines is 1. The van der Waals surface area contributed by atoms with Crippen molar-refractivity contribution in [3.05, 3.63) is 59.1 Å². The van der Waals surface area contributed by atoms with E-state index in [1.165, 1.54) is 10.5 Å². The average Bonchev–Trinajstić information content (AvgIpc) is 2.57. The number of likely N-dealkylation sites (N-methyl/N-ethyl adjacent to an activating group) is 1. The van der Waals surface area contributed by atoms with E-state index in [2.05, 4.69) is 36.9 Å². The highest BCUT2D eigenvalue weighted by molar-refractivity contribution is 7.80. The number of halogens is 1. The predicted octanol–water partition coefficient (Wildman–Crippen LogP) is 2.52. The Labute approximate surface area is 153 Å². The lowest BCUT2D eigenvalue weighted by atomic mass is 10.1. The fraction of sp³-hybridized carbons (Fsp3) is 0.278. The van der Waals surface area contributed by atoms with Gasteiger partial charge < -0.3 is 20.3 Å². The summed E-state index contributed by atoms with van der Waals surface area (Å²) in [6, 6.07) is 15.8. The van der Waals surface area contributed by atoms with Gasteiger partial charge in [0.05, 0.1) is 27.7 Å². The molecule has 0 spiro atoms. The number of hydrogen-bond donors (Lipinski definition) is 3. The second-order valence-corrected chi connectivity index (χ2v) is 6.59. The van der Waals surface area contributed by atoms with E-state index in [0.717, 1.165) is 18.0 Å². The molecular weight excluding hydrogens is 342 g/mol. The van der Waals surface area contributed by atoms with Gasteiger partial charge in [-0.3, -0.25) is 0 Å². The summed E-state index contributed by atoms with van der Waals surface area (Å²) in [6.45, 7) is 0.717. The van der Waals surface area contributed by atoms with Crippen LogP contribution in [0.4, 0.5) is 5.69 Å². The number of rotatable bonds is 6. The Morgan fingerprint density at radius 1 is 1.21 bits per heavy atom. The third-order valence-electron chi connectivity index (χ3n) is 3.76. The van der Waals surface area contributed by atoms with Gasteiger partial charge in [0, 0.05) is 16.3 Å². The second kappa shape index (κ2) is 8.87. The molecule has 0 unspecified atom stereocenters. The van der Waals surface area contributed by atoms with Gasteiger partial charge >= 0.3 is 0 Å². The summed E-state index contributed by atoms with van der Waals surface area (Å²) in [5, 5.41) is 7.75. The summed E-state index contributed by atoms with van der Waals surface area (Å²) in [5.41, 5.74) is 2.11. The standard InChI is InChI=1S/C18H22ClN3OS/c1-22(2)17(13-5-4-6-16(11-13)23-3)12-20-18(24)21-15-9-7-14(19)8-10-15/h4-11,17H,12H2,1-3H3,(H2,20,21,24)/p+1/t17-/m0/s1. The SMILES string of the molecule is COc1cccc([C@H](CNC(=S)Nc2ccc(Cl)cc2)[NH+](C)C)c1. The number of nitrogens with one attached hydrogen (secondary N) is 3. The minimum Gasteiger partial charge on any atom is -0.497 e. The van der Waals surface area contributed by atoms with E-state index in [4.69, 9.17) is 28.6 Å². The topological polar surface area (TPSA) is 37.7 Å². The monoisotopic (exact) mass is 364 g/mol. The highest BCUT2D eigenvalue weighted by Gasteiger charge is 2.18. The molecule has 0 saturated heterocycles. The molecule has 4 nitrogen and oxygen atoms in total. The summed E-state index contributed by atoms with van der Waals surface area (Å²) >= 11 is 11.3. The lowest BCUT2D eigenvalue weighted by molar-refractivity contribution is -0.890. The Balaban J connectivity index is 1.98. The molecule has 2 rings (SSSR count). The first kappa shape index (κ1) is 18.5. The Morgan fingerprint density at radius 3 is 2.54 bits per heavy atom. The molecule has 6 heteroatoms. The minimum absolute atomic E-state index is 0.255. The summed E-state index contributed by atoms with van der Waals surface area (Å²) in [4.78, 5) is 1.31. The number of benzene rings is 2. The molecule has 0 aromatic heterocycles. The van der Waals surface area contributed by atoms with Crippen LogP contribution in [0.1, 0.15) is 11.6 Å². The lowest BCUT2D eigenvalue weighted by Crippen LogP contribution is -3.07. The van der Waals surface area contributed by atoms with Gasteiger partial charge in [-0.25, -0.2) is 0 Å². The van der Waals surface area contributed by atoms with E-state index < -0.39 is 0 Å². The molecular formula is C18H23ClN3OS+. The van der Waals surface area contributed by atoms with Crippen molar-refractivity contribution < 1.29 is 9.64 Å². The van der Waals surface area contributed by atoms with E-state index in [9.17, 15) is 0 Å². The van der Waals surface area contributed by atoms with Gasteiger partial charge in [-0.05, 0) is 48.6 Å². The average molecular weight is 365 g/mol. The lowest BCUT2D eigenvalue weighted by Gasteiger charge is -2.23. The Bertz CT molecular complexity index is 676. The maximum Gasteiger partial charge on any atom is 0.171 e. The van der Waals surface area contributed by atoms with Gasteiger partial charge in [0.25, 0.3) is 0 Å². The van der Waals surface area contributed by atoms with E-state index in [-0.39, 0.29) is 6.04 Å². The second-order valence-electron chi connectivity index (χ2n) is 5.75. The largest absolute Gasteiger partial charge is 0.497 e. The van der Waals surface area contributed by atoms with Crippen LogP contribution in [0.15, 0.2) is 48.5 Å². The smallest absolute Gasteiger partial charge is 0.171 e. The fourth-order valence-corrected chi connectivity index (χ4v) is 2.74. The Hall–Kier alpha value is -1.82. The van der Waals surface area contributed by atoms with Crippen molar-refractivity contribution in [1.82, 2.24) is 5.32 Å². The highest BCUT2D eigenvalue weighted by Crippen LogP contribution is 2.17. The van der Waals surface area contributed by atoms with Gasteiger partial charge in [0.1, 0.15) is 11.8 Å². The van der Waals surface area contributed by atoms with Gasteiger partial charge in [-0.15, -0.1) is 0 Å². The first-order valence-corrected chi connectivity index (χ1v) is 8.52. The molecule has 128 valence electrons. The first-order valence-electron chi connectivity index (χ1n) is 7.74. The molecule has 0 saturated carbocycles. The highest BCUT2D eigenvalue weighted by atomic mass is 35.5. The van der Waals surface area contributed by atoms with Crippen molar-refractivity contribution in [1.29, 1.82) is 0 Å². The number of ether oxygens (including phenoxy) is 1. The van der Waals surface area contributed by atoms with Crippen LogP contribution >= 0.6 is 23.8 Å². The van der Waals surface area contributed by atoms with Crippen LogP contribution < -0.4 is 20.3 Å². The van der Waals surface area contributed by atoms with Crippen molar-refractivity contribution >= 4 is 34.6 Å². The number of methoxy groups -OCH3 is 1. The van der Waals surface area contributed by atoms with Crippen LogP contribution in [-0.2, 0) is 0 Å². The molecule has 2 aromatic carbocycles. The van der Waals surface area contributed by atoms with Crippen molar-refractivity contribution in [2.45, 2.75) is 6.04 Å². The van der Waals surface area contributed by atoms with E-state index in [0.29, 0.717) is 10.1 Å². The normalized spacial score (nSPS) is 11.9. The van der Waals surface area contributed by atoms with Gasteiger partial charge in [0.15, 0.2) is 5.11 Å². The molecule has 0 aliphatic carbocycles. The van der Waals surface area contributed by atoms with Gasteiger partial charge in [0.2, 0.25) is 0 Å². The molecule has 3 N–H and O–H groups in total. The van der Waals surface area contributed by atoms with Crippen LogP contribution in [-0.4, -0.2) is 32.9 Å². The molecule has 0 bridgehead atoms. The van der Waals surface area contributed by atoms with Crippen molar-refractivity contribution in [3.8, 4) is 5.75 Å². The third-order valence-corrected chi connectivity index (χ3v) is 4.26. The first-order chi connectivity index (χ1) is 11.5. The molecule has 0 amide bonds. The maximum atomic E-state index is 5.89. The van der Waals surface area contributed by atoms with Crippen LogP contribution in [0.25, 0.3) is 0 Å². The molecule has 0 aliphatic rings. The molecule has 1 atom stereocenters. The predicted molar refractivity (Wildman–Crippen MR) is 104 cm³/mol. The fourth-order valence-electron chi connectivity index (χ4n) is 2.42. The summed E-state index contributed by atoms with van der Waals surface area (Å²) in [6.07, 6.45) is 0. The molecule has 0 heterocycles.